The Labute approximate surface area is 164 Å². The lowest BCUT2D eigenvalue weighted by molar-refractivity contribution is 0.0993. The molecule has 0 spiro atoms. The molecule has 0 unspecified atom stereocenters. The van der Waals surface area contributed by atoms with Crippen molar-refractivity contribution >= 4 is 22.4 Å². The molecule has 0 aliphatic heterocycles. The Morgan fingerprint density at radius 1 is 1.07 bits per heavy atom. The number of benzene rings is 1. The van der Waals surface area contributed by atoms with E-state index in [-0.39, 0.29) is 11.7 Å². The van der Waals surface area contributed by atoms with E-state index in [2.05, 4.69) is 19.9 Å². The highest BCUT2D eigenvalue weighted by Gasteiger charge is 2.18. The van der Waals surface area contributed by atoms with Gasteiger partial charge in [0, 0.05) is 35.9 Å². The van der Waals surface area contributed by atoms with Crippen LogP contribution in [0.4, 0.5) is 9.52 Å². The molecule has 0 bridgehead atoms. The van der Waals surface area contributed by atoms with Crippen molar-refractivity contribution in [3.8, 4) is 22.6 Å². The van der Waals surface area contributed by atoms with E-state index in [0.717, 1.165) is 11.3 Å². The predicted molar refractivity (Wildman–Crippen MR) is 106 cm³/mol. The molecular formula is C20H14FN5OS. The van der Waals surface area contributed by atoms with Gasteiger partial charge in [0.1, 0.15) is 17.8 Å². The summed E-state index contributed by atoms with van der Waals surface area (Å²) >= 11 is 1.33. The first-order valence-corrected chi connectivity index (χ1v) is 9.22. The van der Waals surface area contributed by atoms with Crippen LogP contribution in [-0.2, 0) is 0 Å². The van der Waals surface area contributed by atoms with E-state index in [1.807, 2.05) is 23.6 Å². The molecule has 1 aromatic carbocycles. The van der Waals surface area contributed by atoms with Crippen molar-refractivity contribution in [2.75, 3.05) is 11.9 Å². The van der Waals surface area contributed by atoms with E-state index in [9.17, 15) is 9.18 Å². The Hall–Kier alpha value is -3.52. The van der Waals surface area contributed by atoms with Crippen LogP contribution in [-0.4, -0.2) is 32.9 Å². The Balaban J connectivity index is 1.59. The van der Waals surface area contributed by atoms with Gasteiger partial charge in [-0.3, -0.25) is 14.7 Å². The van der Waals surface area contributed by atoms with E-state index in [0.29, 0.717) is 22.1 Å². The SMILES string of the molecule is CN(C(=O)c1ccc(F)cc1)c1nc(-c2cc(-c3cccnc3)ncn2)cs1. The lowest BCUT2D eigenvalue weighted by Gasteiger charge is -2.13. The van der Waals surface area contributed by atoms with Gasteiger partial charge < -0.3 is 0 Å². The Bertz CT molecular complexity index is 1110. The van der Waals surface area contributed by atoms with Crippen LogP contribution in [0.1, 0.15) is 10.4 Å². The number of carbonyl (C=O) groups is 1. The summed E-state index contributed by atoms with van der Waals surface area (Å²) in [4.78, 5) is 31.2. The minimum Gasteiger partial charge on any atom is -0.287 e. The quantitative estimate of drug-likeness (QED) is 0.524. The summed E-state index contributed by atoms with van der Waals surface area (Å²) in [5.74, 6) is -0.649. The van der Waals surface area contributed by atoms with Crippen LogP contribution in [0, 0.1) is 5.82 Å². The molecule has 28 heavy (non-hydrogen) atoms. The highest BCUT2D eigenvalue weighted by atomic mass is 32.1. The minimum atomic E-state index is -0.385. The molecular weight excluding hydrogens is 377 g/mol. The summed E-state index contributed by atoms with van der Waals surface area (Å²) < 4.78 is 13.1. The van der Waals surface area contributed by atoms with Gasteiger partial charge in [0.25, 0.3) is 5.91 Å². The van der Waals surface area contributed by atoms with Crippen LogP contribution in [0.5, 0.6) is 0 Å². The van der Waals surface area contributed by atoms with Crippen LogP contribution >= 0.6 is 11.3 Å². The second kappa shape index (κ2) is 7.61. The number of rotatable bonds is 4. The van der Waals surface area contributed by atoms with Gasteiger partial charge in [-0.1, -0.05) is 0 Å². The largest absolute Gasteiger partial charge is 0.287 e. The summed E-state index contributed by atoms with van der Waals surface area (Å²) in [6.45, 7) is 0. The third-order valence-electron chi connectivity index (χ3n) is 4.06. The van der Waals surface area contributed by atoms with Gasteiger partial charge in [-0.25, -0.2) is 19.3 Å². The fourth-order valence-electron chi connectivity index (χ4n) is 2.58. The standard InChI is InChI=1S/C20H14FN5OS/c1-26(19(27)13-4-6-15(21)7-5-13)20-25-18(11-28-20)17-9-16(23-12-24-17)14-3-2-8-22-10-14/h2-12H,1H3. The molecule has 8 heteroatoms. The van der Waals surface area contributed by atoms with Gasteiger partial charge in [0.2, 0.25) is 0 Å². The van der Waals surface area contributed by atoms with E-state index in [1.54, 1.807) is 19.4 Å². The molecule has 3 heterocycles. The maximum Gasteiger partial charge on any atom is 0.259 e. The molecule has 0 saturated carbocycles. The van der Waals surface area contributed by atoms with Crippen molar-refractivity contribution < 1.29 is 9.18 Å². The highest BCUT2D eigenvalue weighted by molar-refractivity contribution is 7.14. The molecule has 0 aliphatic rings. The number of pyridine rings is 1. The summed E-state index contributed by atoms with van der Waals surface area (Å²) in [6, 6.07) is 11.0. The molecule has 1 amide bonds. The Morgan fingerprint density at radius 2 is 1.86 bits per heavy atom. The molecule has 0 atom stereocenters. The second-order valence-electron chi connectivity index (χ2n) is 5.92. The maximum atomic E-state index is 13.1. The van der Waals surface area contributed by atoms with E-state index < -0.39 is 0 Å². The van der Waals surface area contributed by atoms with Crippen LogP contribution in [0.15, 0.2) is 66.6 Å². The predicted octanol–water partition coefficient (Wildman–Crippen LogP) is 4.08. The number of anilines is 1. The lowest BCUT2D eigenvalue weighted by Crippen LogP contribution is -2.26. The van der Waals surface area contributed by atoms with Crippen molar-refractivity contribution in [1.82, 2.24) is 19.9 Å². The molecule has 4 aromatic rings. The van der Waals surface area contributed by atoms with Crippen LogP contribution < -0.4 is 4.90 Å². The summed E-state index contributed by atoms with van der Waals surface area (Å²) in [6.07, 6.45) is 4.91. The molecule has 0 fully saturated rings. The lowest BCUT2D eigenvalue weighted by atomic mass is 10.2. The van der Waals surface area contributed by atoms with Gasteiger partial charge >= 0.3 is 0 Å². The molecule has 4 rings (SSSR count). The average molecular weight is 391 g/mol. The van der Waals surface area contributed by atoms with E-state index in [4.69, 9.17) is 0 Å². The smallest absolute Gasteiger partial charge is 0.259 e. The molecule has 0 aliphatic carbocycles. The first kappa shape index (κ1) is 17.9. The number of halogens is 1. The fourth-order valence-corrected chi connectivity index (χ4v) is 3.36. The molecule has 138 valence electrons. The van der Waals surface area contributed by atoms with Gasteiger partial charge in [-0.2, -0.15) is 0 Å². The second-order valence-corrected chi connectivity index (χ2v) is 6.75. The minimum absolute atomic E-state index is 0.264. The normalized spacial score (nSPS) is 10.6. The van der Waals surface area contributed by atoms with Crippen molar-refractivity contribution in [2.24, 2.45) is 0 Å². The number of hydrogen-bond acceptors (Lipinski definition) is 6. The van der Waals surface area contributed by atoms with Gasteiger partial charge in [0.15, 0.2) is 5.13 Å². The molecule has 0 N–H and O–H groups in total. The van der Waals surface area contributed by atoms with Crippen molar-refractivity contribution in [2.45, 2.75) is 0 Å². The highest BCUT2D eigenvalue weighted by Crippen LogP contribution is 2.28. The van der Waals surface area contributed by atoms with Crippen molar-refractivity contribution in [1.29, 1.82) is 0 Å². The van der Waals surface area contributed by atoms with Gasteiger partial charge in [0.05, 0.1) is 11.4 Å². The third kappa shape index (κ3) is 3.63. The monoisotopic (exact) mass is 391 g/mol. The molecule has 0 radical (unpaired) electrons. The number of thiazole rings is 1. The summed E-state index contributed by atoms with van der Waals surface area (Å²) in [5, 5.41) is 2.35. The van der Waals surface area contributed by atoms with Crippen LogP contribution in [0.2, 0.25) is 0 Å². The number of aromatic nitrogens is 4. The summed E-state index contributed by atoms with van der Waals surface area (Å²) in [5.41, 5.74) is 3.31. The number of amides is 1. The van der Waals surface area contributed by atoms with Gasteiger partial charge in [-0.05, 0) is 42.5 Å². The summed E-state index contributed by atoms with van der Waals surface area (Å²) in [7, 11) is 1.63. The van der Waals surface area contributed by atoms with Crippen molar-refractivity contribution in [3.05, 3.63) is 77.9 Å². The zero-order chi connectivity index (χ0) is 19.5. The first-order valence-electron chi connectivity index (χ1n) is 8.34. The fraction of sp³-hybridized carbons (Fsp3) is 0.0500. The number of nitrogens with zero attached hydrogens (tertiary/aromatic N) is 5. The van der Waals surface area contributed by atoms with Gasteiger partial charge in [-0.15, -0.1) is 11.3 Å². The number of hydrogen-bond donors (Lipinski definition) is 0. The average Bonchev–Trinajstić information content (AvgIpc) is 3.24. The zero-order valence-electron chi connectivity index (χ0n) is 14.8. The maximum absolute atomic E-state index is 13.1. The number of carbonyl (C=O) groups excluding carboxylic acids is 1. The van der Waals surface area contributed by atoms with Crippen LogP contribution in [0.25, 0.3) is 22.6 Å². The first-order chi connectivity index (χ1) is 13.6. The molecule has 6 nitrogen and oxygen atoms in total. The Morgan fingerprint density at radius 3 is 2.61 bits per heavy atom. The molecule has 0 saturated heterocycles. The van der Waals surface area contributed by atoms with E-state index >= 15 is 0 Å². The van der Waals surface area contributed by atoms with Crippen molar-refractivity contribution in [3.63, 3.8) is 0 Å². The molecule has 3 aromatic heterocycles. The topological polar surface area (TPSA) is 71.9 Å². The zero-order valence-corrected chi connectivity index (χ0v) is 15.6. The van der Waals surface area contributed by atoms with E-state index in [1.165, 1.54) is 46.8 Å². The van der Waals surface area contributed by atoms with Crippen LogP contribution in [0.3, 0.4) is 0 Å². The Kier molecular flexibility index (Phi) is 4.86. The third-order valence-corrected chi connectivity index (χ3v) is 4.98.